The minimum absolute atomic E-state index is 0. The fourth-order valence-corrected chi connectivity index (χ4v) is 2.80. The Labute approximate surface area is 147 Å². The van der Waals surface area contributed by atoms with Crippen molar-refractivity contribution in [3.63, 3.8) is 0 Å². The van der Waals surface area contributed by atoms with Crippen LogP contribution in [0.25, 0.3) is 0 Å². The topological polar surface area (TPSA) is 15.3 Å². The first-order valence-corrected chi connectivity index (χ1v) is 7.10. The molecule has 1 aliphatic heterocycles. The summed E-state index contributed by atoms with van der Waals surface area (Å²) in [7, 11) is 0. The molecule has 0 spiro atoms. The fourth-order valence-electron chi connectivity index (χ4n) is 2.61. The molecule has 1 saturated heterocycles. The van der Waals surface area contributed by atoms with E-state index in [9.17, 15) is 8.78 Å². The van der Waals surface area contributed by atoms with E-state index >= 15 is 0 Å². The fraction of sp³-hybridized carbons (Fsp3) is 0.467. The number of hydrogen-bond acceptors (Lipinski definition) is 2. The van der Waals surface area contributed by atoms with Crippen molar-refractivity contribution in [3.8, 4) is 0 Å². The highest BCUT2D eigenvalue weighted by molar-refractivity contribution is 6.30. The normalized spacial score (nSPS) is 16.4. The highest BCUT2D eigenvalue weighted by atomic mass is 35.5. The highest BCUT2D eigenvalue weighted by Crippen LogP contribution is 2.32. The monoisotopic (exact) mass is 372 g/mol. The van der Waals surface area contributed by atoms with Crippen LogP contribution in [0.3, 0.4) is 0 Å². The number of benzene rings is 1. The smallest absolute Gasteiger partial charge is 0.132 e. The number of hydrogen-bond donors (Lipinski definition) is 1. The van der Waals surface area contributed by atoms with Gasteiger partial charge in [-0.25, -0.2) is 8.78 Å². The summed E-state index contributed by atoms with van der Waals surface area (Å²) in [5, 5.41) is 3.32. The zero-order valence-electron chi connectivity index (χ0n) is 12.4. The van der Waals surface area contributed by atoms with Crippen LogP contribution < -0.4 is 5.32 Å². The molecule has 0 aromatic heterocycles. The Morgan fingerprint density at radius 1 is 1.27 bits per heavy atom. The molecule has 126 valence electrons. The van der Waals surface area contributed by atoms with Gasteiger partial charge in [0, 0.05) is 42.8 Å². The molecule has 0 saturated carbocycles. The molecule has 1 aromatic rings. The molecule has 1 atom stereocenters. The Morgan fingerprint density at radius 3 is 2.23 bits per heavy atom. The maximum absolute atomic E-state index is 14.2. The molecule has 1 aromatic carbocycles. The van der Waals surface area contributed by atoms with Gasteiger partial charge >= 0.3 is 0 Å². The summed E-state index contributed by atoms with van der Waals surface area (Å²) in [6.45, 7) is 8.93. The molecule has 2 rings (SSSR count). The number of nitrogens with one attached hydrogen (secondary N) is 1. The highest BCUT2D eigenvalue weighted by Gasteiger charge is 2.27. The van der Waals surface area contributed by atoms with Crippen LogP contribution in [0.2, 0.25) is 5.02 Å². The zero-order chi connectivity index (χ0) is 14.7. The van der Waals surface area contributed by atoms with E-state index < -0.39 is 11.6 Å². The quantitative estimate of drug-likeness (QED) is 0.788. The van der Waals surface area contributed by atoms with Crippen LogP contribution in [0.4, 0.5) is 8.78 Å². The first-order chi connectivity index (χ1) is 9.49. The molecule has 0 bridgehead atoms. The summed E-state index contributed by atoms with van der Waals surface area (Å²) in [5.41, 5.74) is 1.00. The molecule has 1 N–H and O–H groups in total. The average molecular weight is 374 g/mol. The SMILES string of the molecule is C=C(C)C[C@H](c1c(F)cc(Cl)cc1F)N1CCNCC1.Cl.Cl. The van der Waals surface area contributed by atoms with Crippen molar-refractivity contribution in [3.05, 3.63) is 46.5 Å². The standard InChI is InChI=1S/C15H19ClF2N2.2ClH/c1-10(2)7-14(20-5-3-19-4-6-20)15-12(17)8-11(16)9-13(15)18;;/h8-9,14,19H,1,3-7H2,2H3;2*1H/t14-;;/m1../s1. The maximum Gasteiger partial charge on any atom is 0.132 e. The van der Waals surface area contributed by atoms with Gasteiger partial charge in [0.2, 0.25) is 0 Å². The van der Waals surface area contributed by atoms with Gasteiger partial charge in [-0.15, -0.1) is 31.4 Å². The number of piperazine rings is 1. The van der Waals surface area contributed by atoms with Crippen molar-refractivity contribution >= 4 is 36.4 Å². The third-order valence-electron chi connectivity index (χ3n) is 3.51. The van der Waals surface area contributed by atoms with Gasteiger partial charge in [-0.2, -0.15) is 0 Å². The maximum atomic E-state index is 14.2. The summed E-state index contributed by atoms with van der Waals surface area (Å²) in [6, 6.07) is 2.02. The van der Waals surface area contributed by atoms with E-state index in [-0.39, 0.29) is 41.4 Å². The van der Waals surface area contributed by atoms with Crippen molar-refractivity contribution in [2.75, 3.05) is 26.2 Å². The Bertz CT molecular complexity index is 483. The minimum Gasteiger partial charge on any atom is -0.314 e. The van der Waals surface area contributed by atoms with Crippen molar-refractivity contribution in [2.24, 2.45) is 0 Å². The van der Waals surface area contributed by atoms with Crippen LogP contribution in [0, 0.1) is 11.6 Å². The van der Waals surface area contributed by atoms with Crippen LogP contribution in [0.1, 0.15) is 24.9 Å². The molecule has 1 heterocycles. The van der Waals surface area contributed by atoms with E-state index in [2.05, 4.69) is 16.8 Å². The largest absolute Gasteiger partial charge is 0.314 e. The van der Waals surface area contributed by atoms with E-state index in [1.807, 2.05) is 6.92 Å². The van der Waals surface area contributed by atoms with Gasteiger partial charge in [0.15, 0.2) is 0 Å². The van der Waals surface area contributed by atoms with Crippen molar-refractivity contribution in [1.82, 2.24) is 10.2 Å². The van der Waals surface area contributed by atoms with E-state index in [4.69, 9.17) is 11.6 Å². The summed E-state index contributed by atoms with van der Waals surface area (Å²) >= 11 is 5.70. The van der Waals surface area contributed by atoms with Crippen molar-refractivity contribution < 1.29 is 8.78 Å². The van der Waals surface area contributed by atoms with Gasteiger partial charge in [-0.05, 0) is 25.5 Å². The molecule has 0 aliphatic carbocycles. The van der Waals surface area contributed by atoms with Crippen LogP contribution >= 0.6 is 36.4 Å². The second-order valence-corrected chi connectivity index (χ2v) is 5.68. The lowest BCUT2D eigenvalue weighted by atomic mass is 9.97. The van der Waals surface area contributed by atoms with Crippen LogP contribution in [0.15, 0.2) is 24.3 Å². The Kier molecular flexibility index (Phi) is 9.51. The zero-order valence-corrected chi connectivity index (χ0v) is 14.8. The second kappa shape index (κ2) is 9.68. The van der Waals surface area contributed by atoms with Gasteiger partial charge in [0.25, 0.3) is 0 Å². The molecule has 0 unspecified atom stereocenters. The average Bonchev–Trinajstić information content (AvgIpc) is 2.37. The van der Waals surface area contributed by atoms with Crippen LogP contribution in [-0.4, -0.2) is 31.1 Å². The minimum atomic E-state index is -0.584. The number of nitrogens with zero attached hydrogens (tertiary/aromatic N) is 1. The predicted octanol–water partition coefficient (Wildman–Crippen LogP) is 4.37. The molecule has 1 aliphatic rings. The Hall–Kier alpha value is -0.390. The van der Waals surface area contributed by atoms with Gasteiger partial charge < -0.3 is 5.32 Å². The molecular formula is C15H21Cl3F2N2. The lowest BCUT2D eigenvalue weighted by Gasteiger charge is -2.35. The number of rotatable bonds is 4. The molecule has 0 radical (unpaired) electrons. The first-order valence-electron chi connectivity index (χ1n) is 6.72. The molecule has 7 heteroatoms. The lowest BCUT2D eigenvalue weighted by Crippen LogP contribution is -2.45. The predicted molar refractivity (Wildman–Crippen MR) is 92.5 cm³/mol. The molecule has 1 fully saturated rings. The van der Waals surface area contributed by atoms with Gasteiger partial charge in [-0.1, -0.05) is 17.2 Å². The van der Waals surface area contributed by atoms with Gasteiger partial charge in [0.1, 0.15) is 11.6 Å². The summed E-state index contributed by atoms with van der Waals surface area (Å²) < 4.78 is 28.3. The first kappa shape index (κ1) is 21.6. The van der Waals surface area contributed by atoms with Crippen LogP contribution in [-0.2, 0) is 0 Å². The van der Waals surface area contributed by atoms with Crippen molar-refractivity contribution in [2.45, 2.75) is 19.4 Å². The Balaban J connectivity index is 0.00000220. The van der Waals surface area contributed by atoms with E-state index in [0.29, 0.717) is 6.42 Å². The third kappa shape index (κ3) is 5.36. The molecule has 2 nitrogen and oxygen atoms in total. The van der Waals surface area contributed by atoms with Gasteiger partial charge in [-0.3, -0.25) is 4.90 Å². The summed E-state index contributed by atoms with van der Waals surface area (Å²) in [5.74, 6) is -1.17. The lowest BCUT2D eigenvalue weighted by molar-refractivity contribution is 0.166. The number of halogens is 5. The Morgan fingerprint density at radius 2 is 1.77 bits per heavy atom. The molecular weight excluding hydrogens is 353 g/mol. The summed E-state index contributed by atoms with van der Waals surface area (Å²) in [6.07, 6.45) is 0.537. The summed E-state index contributed by atoms with van der Waals surface area (Å²) in [4.78, 5) is 2.10. The third-order valence-corrected chi connectivity index (χ3v) is 3.73. The van der Waals surface area contributed by atoms with E-state index in [0.717, 1.165) is 31.8 Å². The van der Waals surface area contributed by atoms with Crippen LogP contribution in [0.5, 0.6) is 0 Å². The van der Waals surface area contributed by atoms with Gasteiger partial charge in [0.05, 0.1) is 0 Å². The van der Waals surface area contributed by atoms with E-state index in [1.54, 1.807) is 0 Å². The molecule has 0 amide bonds. The second-order valence-electron chi connectivity index (χ2n) is 5.25. The van der Waals surface area contributed by atoms with Crippen molar-refractivity contribution in [1.29, 1.82) is 0 Å². The molecule has 22 heavy (non-hydrogen) atoms. The van der Waals surface area contributed by atoms with E-state index in [1.165, 1.54) is 12.1 Å².